The van der Waals surface area contributed by atoms with Crippen molar-refractivity contribution in [2.24, 2.45) is 0 Å². The topological polar surface area (TPSA) is 74.3 Å². The Morgan fingerprint density at radius 1 is 1.22 bits per heavy atom. The highest BCUT2D eigenvalue weighted by Crippen LogP contribution is 2.27. The van der Waals surface area contributed by atoms with Crippen LogP contribution in [0, 0.1) is 0 Å². The van der Waals surface area contributed by atoms with Crippen LogP contribution in [0.1, 0.15) is 10.4 Å². The van der Waals surface area contributed by atoms with Gasteiger partial charge in [0, 0.05) is 39.8 Å². The third-order valence-corrected chi connectivity index (χ3v) is 5.39. The minimum absolute atomic E-state index is 0.116. The van der Waals surface area contributed by atoms with Crippen LogP contribution in [-0.2, 0) is 0 Å². The Morgan fingerprint density at radius 3 is 2.74 bits per heavy atom. The number of amides is 3. The van der Waals surface area contributed by atoms with Gasteiger partial charge in [0.1, 0.15) is 0 Å². The molecule has 0 atom stereocenters. The monoisotopic (exact) mass is 442 g/mol. The van der Waals surface area contributed by atoms with E-state index in [1.54, 1.807) is 29.2 Å². The normalized spacial score (nSPS) is 13.5. The second-order valence-electron chi connectivity index (χ2n) is 5.93. The van der Waals surface area contributed by atoms with E-state index >= 15 is 0 Å². The van der Waals surface area contributed by atoms with E-state index in [1.807, 2.05) is 29.6 Å². The van der Waals surface area contributed by atoms with Crippen molar-refractivity contribution in [3.05, 3.63) is 63.9 Å². The van der Waals surface area contributed by atoms with Gasteiger partial charge in [-0.25, -0.2) is 9.78 Å². The molecule has 0 spiro atoms. The van der Waals surface area contributed by atoms with Crippen molar-refractivity contribution in [2.45, 2.75) is 0 Å². The number of anilines is 2. The summed E-state index contributed by atoms with van der Waals surface area (Å²) < 4.78 is 0.977. The van der Waals surface area contributed by atoms with Crippen molar-refractivity contribution in [1.29, 1.82) is 0 Å². The lowest BCUT2D eigenvalue weighted by Gasteiger charge is -2.14. The van der Waals surface area contributed by atoms with E-state index in [0.717, 1.165) is 21.4 Å². The summed E-state index contributed by atoms with van der Waals surface area (Å²) in [5.74, 6) is -0.234. The molecule has 0 aliphatic carbocycles. The van der Waals surface area contributed by atoms with Gasteiger partial charge in [0.25, 0.3) is 5.91 Å². The van der Waals surface area contributed by atoms with E-state index in [1.165, 1.54) is 11.3 Å². The molecule has 1 saturated heterocycles. The van der Waals surface area contributed by atoms with Crippen molar-refractivity contribution in [3.8, 4) is 11.3 Å². The van der Waals surface area contributed by atoms with E-state index in [4.69, 9.17) is 0 Å². The molecule has 0 unspecified atom stereocenters. The van der Waals surface area contributed by atoms with E-state index in [0.29, 0.717) is 23.8 Å². The van der Waals surface area contributed by atoms with Crippen molar-refractivity contribution in [2.75, 3.05) is 23.3 Å². The van der Waals surface area contributed by atoms with Crippen LogP contribution in [0.25, 0.3) is 11.3 Å². The molecule has 0 bridgehead atoms. The summed E-state index contributed by atoms with van der Waals surface area (Å²) >= 11 is 4.83. The van der Waals surface area contributed by atoms with Crippen LogP contribution < -0.4 is 15.5 Å². The van der Waals surface area contributed by atoms with Crippen molar-refractivity contribution in [1.82, 2.24) is 10.3 Å². The van der Waals surface area contributed by atoms with Gasteiger partial charge < -0.3 is 5.32 Å². The zero-order valence-electron chi connectivity index (χ0n) is 14.1. The molecule has 1 fully saturated rings. The predicted molar refractivity (Wildman–Crippen MR) is 110 cm³/mol. The maximum absolute atomic E-state index is 12.5. The Balaban J connectivity index is 1.45. The van der Waals surface area contributed by atoms with Gasteiger partial charge in [-0.05, 0) is 36.4 Å². The Bertz CT molecular complexity index is 1000. The zero-order valence-corrected chi connectivity index (χ0v) is 16.5. The van der Waals surface area contributed by atoms with E-state index < -0.39 is 0 Å². The first-order valence-corrected chi connectivity index (χ1v) is 9.96. The van der Waals surface area contributed by atoms with Gasteiger partial charge in [0.05, 0.1) is 5.69 Å². The van der Waals surface area contributed by atoms with Crippen LogP contribution in [-0.4, -0.2) is 30.0 Å². The fourth-order valence-electron chi connectivity index (χ4n) is 2.79. The number of hydrogen-bond donors (Lipinski definition) is 2. The number of nitrogens with zero attached hydrogens (tertiary/aromatic N) is 2. The molecule has 3 aromatic rings. The number of carbonyl (C=O) groups excluding carboxylic acids is 2. The number of hydrogen-bond acceptors (Lipinski definition) is 4. The fraction of sp³-hybridized carbons (Fsp3) is 0.105. The quantitative estimate of drug-likeness (QED) is 0.630. The second kappa shape index (κ2) is 7.50. The summed E-state index contributed by atoms with van der Waals surface area (Å²) in [4.78, 5) is 30.3. The number of thiazole rings is 1. The SMILES string of the molecule is O=C(Nc1nc(-c2cccc(Br)c2)cs1)c1ccc(N2CCNC2=O)cc1. The summed E-state index contributed by atoms with van der Waals surface area (Å²) in [5, 5.41) is 8.03. The van der Waals surface area contributed by atoms with Gasteiger partial charge in [-0.2, -0.15) is 0 Å². The van der Waals surface area contributed by atoms with Crippen LogP contribution >= 0.6 is 27.3 Å². The third kappa shape index (κ3) is 3.86. The summed E-state index contributed by atoms with van der Waals surface area (Å²) in [7, 11) is 0. The lowest BCUT2D eigenvalue weighted by atomic mass is 10.2. The minimum atomic E-state index is -0.234. The van der Waals surface area contributed by atoms with Gasteiger partial charge in [0.15, 0.2) is 5.13 Å². The van der Waals surface area contributed by atoms with E-state index in [-0.39, 0.29) is 11.9 Å². The van der Waals surface area contributed by atoms with Gasteiger partial charge in [-0.3, -0.25) is 15.0 Å². The molecule has 0 radical (unpaired) electrons. The molecule has 3 amide bonds. The van der Waals surface area contributed by atoms with Gasteiger partial charge in [-0.15, -0.1) is 11.3 Å². The molecule has 1 aliphatic rings. The fourth-order valence-corrected chi connectivity index (χ4v) is 3.91. The summed E-state index contributed by atoms with van der Waals surface area (Å²) in [6.45, 7) is 1.26. The number of benzene rings is 2. The maximum atomic E-state index is 12.5. The Hall–Kier alpha value is -2.71. The Morgan fingerprint density at radius 2 is 2.04 bits per heavy atom. The molecule has 27 heavy (non-hydrogen) atoms. The first kappa shape index (κ1) is 17.7. The highest BCUT2D eigenvalue weighted by Gasteiger charge is 2.21. The number of carbonyl (C=O) groups is 2. The van der Waals surface area contributed by atoms with Crippen LogP contribution in [0.15, 0.2) is 58.4 Å². The van der Waals surface area contributed by atoms with E-state index in [2.05, 4.69) is 31.5 Å². The number of halogens is 1. The molecule has 2 aromatic carbocycles. The molecule has 2 N–H and O–H groups in total. The Kier molecular flexibility index (Phi) is 4.91. The van der Waals surface area contributed by atoms with Crippen LogP contribution in [0.4, 0.5) is 15.6 Å². The smallest absolute Gasteiger partial charge is 0.321 e. The molecular weight excluding hydrogens is 428 g/mol. The summed E-state index contributed by atoms with van der Waals surface area (Å²) in [6.07, 6.45) is 0. The summed E-state index contributed by atoms with van der Waals surface area (Å²) in [5.41, 5.74) is 3.08. The highest BCUT2D eigenvalue weighted by atomic mass is 79.9. The van der Waals surface area contributed by atoms with Crippen LogP contribution in [0.3, 0.4) is 0 Å². The van der Waals surface area contributed by atoms with E-state index in [9.17, 15) is 9.59 Å². The third-order valence-electron chi connectivity index (χ3n) is 4.14. The van der Waals surface area contributed by atoms with Crippen molar-refractivity contribution >= 4 is 50.0 Å². The minimum Gasteiger partial charge on any atom is -0.336 e. The first-order chi connectivity index (χ1) is 13.1. The van der Waals surface area contributed by atoms with Crippen LogP contribution in [0.2, 0.25) is 0 Å². The molecular formula is C19H15BrN4O2S. The molecule has 4 rings (SSSR count). The Labute approximate surface area is 168 Å². The van der Waals surface area contributed by atoms with Crippen LogP contribution in [0.5, 0.6) is 0 Å². The number of rotatable bonds is 4. The van der Waals surface area contributed by atoms with Gasteiger partial charge in [-0.1, -0.05) is 28.1 Å². The number of nitrogens with one attached hydrogen (secondary N) is 2. The average molecular weight is 443 g/mol. The van der Waals surface area contributed by atoms with Crippen molar-refractivity contribution < 1.29 is 9.59 Å². The number of urea groups is 1. The highest BCUT2D eigenvalue weighted by molar-refractivity contribution is 9.10. The standard InChI is InChI=1S/C19H15BrN4O2S/c20-14-3-1-2-13(10-14)16-11-27-18(22-16)23-17(25)12-4-6-15(7-5-12)24-9-8-21-19(24)26/h1-7,10-11H,8-9H2,(H,21,26)(H,22,23,25). The van der Waals surface area contributed by atoms with Gasteiger partial charge in [0.2, 0.25) is 0 Å². The first-order valence-electron chi connectivity index (χ1n) is 8.28. The molecule has 1 aromatic heterocycles. The van der Waals surface area contributed by atoms with Crippen molar-refractivity contribution in [3.63, 3.8) is 0 Å². The maximum Gasteiger partial charge on any atom is 0.321 e. The van der Waals surface area contributed by atoms with Gasteiger partial charge >= 0.3 is 6.03 Å². The average Bonchev–Trinajstić information content (AvgIpc) is 3.31. The zero-order chi connectivity index (χ0) is 18.8. The molecule has 136 valence electrons. The molecule has 6 nitrogen and oxygen atoms in total. The largest absolute Gasteiger partial charge is 0.336 e. The molecule has 0 saturated carbocycles. The predicted octanol–water partition coefficient (Wildman–Crippen LogP) is 4.35. The second-order valence-corrected chi connectivity index (χ2v) is 7.71. The summed E-state index contributed by atoms with van der Waals surface area (Å²) in [6, 6.07) is 14.7. The lowest BCUT2D eigenvalue weighted by molar-refractivity contribution is 0.102. The lowest BCUT2D eigenvalue weighted by Crippen LogP contribution is -2.27. The molecule has 2 heterocycles. The molecule has 8 heteroatoms. The molecule has 1 aliphatic heterocycles. The number of aromatic nitrogens is 1.